The van der Waals surface area contributed by atoms with E-state index in [1.807, 2.05) is 18.3 Å². The maximum Gasteiger partial charge on any atom is 0.159 e. The van der Waals surface area contributed by atoms with Crippen LogP contribution in [-0.2, 0) is 4.74 Å². The Morgan fingerprint density at radius 2 is 2.00 bits per heavy atom. The molecule has 0 saturated carbocycles. The van der Waals surface area contributed by atoms with E-state index in [9.17, 15) is 0 Å². The molecule has 1 saturated heterocycles. The average Bonchev–Trinajstić information content (AvgIpc) is 3.52. The van der Waals surface area contributed by atoms with Gasteiger partial charge >= 0.3 is 0 Å². The second-order valence-corrected chi connectivity index (χ2v) is 7.03. The summed E-state index contributed by atoms with van der Waals surface area (Å²) in [7, 11) is 0. The minimum Gasteiger partial charge on any atom is -0.378 e. The molecule has 3 N–H and O–H groups in total. The van der Waals surface area contributed by atoms with Gasteiger partial charge in [0.1, 0.15) is 11.2 Å². The van der Waals surface area contributed by atoms with Crippen LogP contribution in [0, 0.1) is 0 Å². The summed E-state index contributed by atoms with van der Waals surface area (Å²) in [6.07, 6.45) is 5.36. The van der Waals surface area contributed by atoms with Gasteiger partial charge in [-0.2, -0.15) is 10.2 Å². The van der Waals surface area contributed by atoms with Crippen LogP contribution in [0.3, 0.4) is 0 Å². The first-order chi connectivity index (χ1) is 14.4. The summed E-state index contributed by atoms with van der Waals surface area (Å²) in [6, 6.07) is 8.22. The van der Waals surface area contributed by atoms with Crippen LogP contribution in [0.5, 0.6) is 0 Å². The molecule has 0 spiro atoms. The summed E-state index contributed by atoms with van der Waals surface area (Å²) < 4.78 is 5.49. The fraction of sp³-hybridized carbons (Fsp3) is 0.200. The lowest BCUT2D eigenvalue weighted by atomic mass is 10.1. The van der Waals surface area contributed by atoms with E-state index in [0.717, 1.165) is 76.7 Å². The van der Waals surface area contributed by atoms with E-state index in [0.29, 0.717) is 0 Å². The van der Waals surface area contributed by atoms with E-state index in [2.05, 4.69) is 47.4 Å². The van der Waals surface area contributed by atoms with Crippen molar-refractivity contribution in [1.82, 2.24) is 35.3 Å². The molecule has 29 heavy (non-hydrogen) atoms. The lowest BCUT2D eigenvalue weighted by molar-refractivity contribution is 0.123. The summed E-state index contributed by atoms with van der Waals surface area (Å²) in [5.41, 5.74) is 6.46. The van der Waals surface area contributed by atoms with Crippen LogP contribution in [0.25, 0.3) is 44.7 Å². The number of ether oxygens (including phenoxy) is 1. The number of H-pyrrole nitrogens is 3. The van der Waals surface area contributed by atoms with E-state index in [1.54, 1.807) is 12.4 Å². The Morgan fingerprint density at radius 1 is 1.07 bits per heavy atom. The third kappa shape index (κ3) is 2.66. The molecule has 6 rings (SSSR count). The molecule has 0 unspecified atom stereocenters. The maximum atomic E-state index is 5.49. The van der Waals surface area contributed by atoms with Crippen LogP contribution in [0.2, 0.25) is 0 Å². The molecule has 0 atom stereocenters. The molecule has 1 aliphatic rings. The normalized spacial score (nSPS) is 14.8. The van der Waals surface area contributed by atoms with Crippen LogP contribution in [0.1, 0.15) is 0 Å². The number of benzene rings is 1. The molecule has 1 aromatic carbocycles. The number of imidazole rings is 1. The first-order valence-electron chi connectivity index (χ1n) is 9.52. The van der Waals surface area contributed by atoms with Gasteiger partial charge in [0.2, 0.25) is 0 Å². The monoisotopic (exact) mass is 386 g/mol. The first-order valence-corrected chi connectivity index (χ1v) is 9.52. The van der Waals surface area contributed by atoms with Crippen molar-refractivity contribution < 1.29 is 4.74 Å². The highest BCUT2D eigenvalue weighted by molar-refractivity contribution is 5.96. The second kappa shape index (κ2) is 6.42. The zero-order valence-corrected chi connectivity index (χ0v) is 15.5. The Balaban J connectivity index is 1.48. The number of fused-ring (bicyclic) bond motifs is 2. The maximum absolute atomic E-state index is 5.49. The fourth-order valence-electron chi connectivity index (χ4n) is 3.83. The molecule has 144 valence electrons. The molecule has 4 aromatic heterocycles. The van der Waals surface area contributed by atoms with Crippen molar-refractivity contribution in [3.63, 3.8) is 0 Å². The number of aromatic nitrogens is 7. The number of hydrogen-bond donors (Lipinski definition) is 3. The third-order valence-corrected chi connectivity index (χ3v) is 5.31. The molecule has 0 amide bonds. The number of aromatic amines is 3. The lowest BCUT2D eigenvalue weighted by Crippen LogP contribution is -2.36. The number of morpholine rings is 1. The van der Waals surface area contributed by atoms with Gasteiger partial charge < -0.3 is 14.6 Å². The van der Waals surface area contributed by atoms with Gasteiger partial charge in [-0.15, -0.1) is 0 Å². The summed E-state index contributed by atoms with van der Waals surface area (Å²) in [5.74, 6) is 0.733. The van der Waals surface area contributed by atoms with E-state index < -0.39 is 0 Å². The van der Waals surface area contributed by atoms with Crippen molar-refractivity contribution in [1.29, 1.82) is 0 Å². The van der Waals surface area contributed by atoms with Crippen molar-refractivity contribution in [2.24, 2.45) is 0 Å². The molecule has 5 aromatic rings. The molecular weight excluding hydrogens is 368 g/mol. The van der Waals surface area contributed by atoms with Crippen molar-refractivity contribution >= 4 is 27.6 Å². The Hall–Kier alpha value is -3.72. The highest BCUT2D eigenvalue weighted by Gasteiger charge is 2.19. The number of para-hydroxylation sites is 1. The van der Waals surface area contributed by atoms with E-state index in [1.165, 1.54) is 0 Å². The van der Waals surface area contributed by atoms with Gasteiger partial charge in [-0.05, 0) is 18.2 Å². The van der Waals surface area contributed by atoms with Crippen molar-refractivity contribution in [2.45, 2.75) is 0 Å². The first kappa shape index (κ1) is 16.3. The summed E-state index contributed by atoms with van der Waals surface area (Å²) >= 11 is 0. The predicted molar refractivity (Wildman–Crippen MR) is 110 cm³/mol. The molecule has 5 heterocycles. The molecular formula is C20H18N8O. The van der Waals surface area contributed by atoms with E-state index in [4.69, 9.17) is 9.72 Å². The zero-order valence-electron chi connectivity index (χ0n) is 15.5. The highest BCUT2D eigenvalue weighted by atomic mass is 16.5. The Labute approximate surface area is 165 Å². The minimum absolute atomic E-state index is 0.733. The molecule has 0 radical (unpaired) electrons. The largest absolute Gasteiger partial charge is 0.378 e. The summed E-state index contributed by atoms with van der Waals surface area (Å²) in [4.78, 5) is 15.2. The Kier molecular flexibility index (Phi) is 3.60. The van der Waals surface area contributed by atoms with E-state index in [-0.39, 0.29) is 0 Å². The van der Waals surface area contributed by atoms with Gasteiger partial charge in [-0.25, -0.2) is 4.98 Å². The van der Waals surface area contributed by atoms with Gasteiger partial charge in [-0.1, -0.05) is 6.07 Å². The lowest BCUT2D eigenvalue weighted by Gasteiger charge is -2.28. The van der Waals surface area contributed by atoms with Gasteiger partial charge in [0.05, 0.1) is 48.0 Å². The molecule has 0 bridgehead atoms. The predicted octanol–water partition coefficient (Wildman–Crippen LogP) is 2.73. The standard InChI is InChI=1S/C20H18N8O/c1-2-14-19(17(3-1)28-4-6-29-7-5-28)25-20(24-14)18-13-8-15(12-9-22-23-10-12)21-11-16(13)26-27-18/h1-3,8-11H,4-7H2,(H,22,23)(H,24,25)(H,26,27). The third-order valence-electron chi connectivity index (χ3n) is 5.31. The number of anilines is 1. The quantitative estimate of drug-likeness (QED) is 0.440. The van der Waals surface area contributed by atoms with Gasteiger partial charge in [0.25, 0.3) is 0 Å². The number of pyridine rings is 1. The van der Waals surface area contributed by atoms with Crippen molar-refractivity contribution in [2.75, 3.05) is 31.2 Å². The molecule has 1 aliphatic heterocycles. The average molecular weight is 386 g/mol. The van der Waals surface area contributed by atoms with Gasteiger partial charge in [0, 0.05) is 30.2 Å². The summed E-state index contributed by atoms with van der Waals surface area (Å²) in [6.45, 7) is 3.21. The zero-order chi connectivity index (χ0) is 19.2. The SMILES string of the molecule is c1cc(N2CCOCC2)c2nc(-c3n[nH]c4cnc(-c5cn[nH]c5)cc34)[nH]c2c1. The number of nitrogens with one attached hydrogen (secondary N) is 3. The number of hydrogen-bond acceptors (Lipinski definition) is 6. The fourth-order valence-corrected chi connectivity index (χ4v) is 3.83. The van der Waals surface area contributed by atoms with Crippen molar-refractivity contribution in [3.05, 3.63) is 42.9 Å². The topological polar surface area (TPSA) is 111 Å². The smallest absolute Gasteiger partial charge is 0.159 e. The van der Waals surface area contributed by atoms with Gasteiger partial charge in [-0.3, -0.25) is 15.2 Å². The van der Waals surface area contributed by atoms with Gasteiger partial charge in [0.15, 0.2) is 5.82 Å². The van der Waals surface area contributed by atoms with Crippen molar-refractivity contribution in [3.8, 4) is 22.8 Å². The second-order valence-electron chi connectivity index (χ2n) is 7.03. The molecule has 0 aliphatic carbocycles. The van der Waals surface area contributed by atoms with Crippen LogP contribution in [-0.4, -0.2) is 61.6 Å². The van der Waals surface area contributed by atoms with Crippen LogP contribution >= 0.6 is 0 Å². The molecule has 9 heteroatoms. The number of rotatable bonds is 3. The minimum atomic E-state index is 0.733. The highest BCUT2D eigenvalue weighted by Crippen LogP contribution is 2.32. The Bertz CT molecular complexity index is 1300. The number of nitrogens with zero attached hydrogens (tertiary/aromatic N) is 5. The van der Waals surface area contributed by atoms with Crippen LogP contribution < -0.4 is 4.90 Å². The van der Waals surface area contributed by atoms with E-state index >= 15 is 0 Å². The summed E-state index contributed by atoms with van der Waals surface area (Å²) in [5, 5.41) is 15.4. The molecule has 9 nitrogen and oxygen atoms in total. The van der Waals surface area contributed by atoms with Crippen LogP contribution in [0.15, 0.2) is 42.9 Å². The molecule has 1 fully saturated rings. The Morgan fingerprint density at radius 3 is 2.86 bits per heavy atom. The van der Waals surface area contributed by atoms with Crippen LogP contribution in [0.4, 0.5) is 5.69 Å².